The van der Waals surface area contributed by atoms with Crippen LogP contribution in [0.2, 0.25) is 0 Å². The Kier molecular flexibility index (Phi) is 3.07. The highest BCUT2D eigenvalue weighted by atomic mass is 16.5. The fourth-order valence-electron chi connectivity index (χ4n) is 1.29. The first-order valence-electron chi connectivity index (χ1n) is 4.16. The molecular weight excluding hydrogens is 164 g/mol. The van der Waals surface area contributed by atoms with E-state index in [2.05, 4.69) is 11.7 Å². The molecule has 0 bridgehead atoms. The molecule has 69 valence electrons. The number of ether oxygens (including phenoxy) is 1. The van der Waals surface area contributed by atoms with Gasteiger partial charge in [0.15, 0.2) is 0 Å². The molecule has 0 unspecified atom stereocenters. The van der Waals surface area contributed by atoms with Gasteiger partial charge in [0.2, 0.25) is 0 Å². The quantitative estimate of drug-likeness (QED) is 0.647. The Labute approximate surface area is 78.5 Å². The van der Waals surface area contributed by atoms with Crippen molar-refractivity contribution in [1.82, 2.24) is 0 Å². The predicted octanol–water partition coefficient (Wildman–Crippen LogP) is 2.16. The highest BCUT2D eigenvalue weighted by Crippen LogP contribution is 2.14. The minimum Gasteiger partial charge on any atom is -0.465 e. The van der Waals surface area contributed by atoms with Crippen molar-refractivity contribution in [1.29, 1.82) is 0 Å². The van der Waals surface area contributed by atoms with E-state index in [1.165, 1.54) is 7.11 Å². The van der Waals surface area contributed by atoms with E-state index in [-0.39, 0.29) is 5.97 Å². The molecule has 0 spiro atoms. The van der Waals surface area contributed by atoms with E-state index in [4.69, 9.17) is 0 Å². The maximum Gasteiger partial charge on any atom is 0.338 e. The molecule has 1 rings (SSSR count). The summed E-state index contributed by atoms with van der Waals surface area (Å²) in [7, 11) is 1.39. The minimum atomic E-state index is -0.284. The van der Waals surface area contributed by atoms with Crippen LogP contribution in [0, 0.1) is 13.8 Å². The van der Waals surface area contributed by atoms with Gasteiger partial charge in [-0.1, -0.05) is 12.1 Å². The molecule has 2 heteroatoms. The summed E-state index contributed by atoms with van der Waals surface area (Å²) in [5.74, 6) is -0.284. The van der Waals surface area contributed by atoms with E-state index >= 15 is 0 Å². The average Bonchev–Trinajstić information content (AvgIpc) is 2.17. The second-order valence-electron chi connectivity index (χ2n) is 2.83. The topological polar surface area (TPSA) is 26.3 Å². The third kappa shape index (κ3) is 1.89. The first-order valence-corrected chi connectivity index (χ1v) is 4.16. The summed E-state index contributed by atoms with van der Waals surface area (Å²) in [5.41, 5.74) is 2.68. The van der Waals surface area contributed by atoms with E-state index in [0.29, 0.717) is 12.0 Å². The molecular formula is C11H13O2. The molecule has 0 aliphatic rings. The molecule has 13 heavy (non-hydrogen) atoms. The van der Waals surface area contributed by atoms with Crippen molar-refractivity contribution in [2.45, 2.75) is 13.3 Å². The lowest BCUT2D eigenvalue weighted by Gasteiger charge is -2.07. The molecule has 0 amide bonds. The maximum absolute atomic E-state index is 11.3. The number of esters is 1. The smallest absolute Gasteiger partial charge is 0.338 e. The fourth-order valence-corrected chi connectivity index (χ4v) is 1.29. The van der Waals surface area contributed by atoms with E-state index in [9.17, 15) is 4.79 Å². The highest BCUT2D eigenvalue weighted by molar-refractivity contribution is 5.91. The third-order valence-electron chi connectivity index (χ3n) is 2.12. The van der Waals surface area contributed by atoms with Gasteiger partial charge in [-0.25, -0.2) is 4.79 Å². The van der Waals surface area contributed by atoms with Crippen LogP contribution in [-0.2, 0) is 11.2 Å². The van der Waals surface area contributed by atoms with Crippen LogP contribution >= 0.6 is 0 Å². The zero-order chi connectivity index (χ0) is 9.84. The van der Waals surface area contributed by atoms with Crippen molar-refractivity contribution >= 4 is 5.97 Å². The van der Waals surface area contributed by atoms with Crippen molar-refractivity contribution in [2.75, 3.05) is 7.11 Å². The van der Waals surface area contributed by atoms with Crippen LogP contribution < -0.4 is 0 Å². The predicted molar refractivity (Wildman–Crippen MR) is 51.6 cm³/mol. The van der Waals surface area contributed by atoms with Gasteiger partial charge in [-0.05, 0) is 37.5 Å². The lowest BCUT2D eigenvalue weighted by atomic mass is 10.0. The second-order valence-corrected chi connectivity index (χ2v) is 2.83. The summed E-state index contributed by atoms with van der Waals surface area (Å²) in [6.07, 6.45) is 0.691. The molecule has 0 aliphatic carbocycles. The fraction of sp³-hybridized carbons (Fsp3) is 0.273. The molecule has 0 atom stereocenters. The van der Waals surface area contributed by atoms with Crippen LogP contribution in [0.1, 0.15) is 21.5 Å². The summed E-state index contributed by atoms with van der Waals surface area (Å²) in [4.78, 5) is 11.3. The molecule has 0 saturated carbocycles. The van der Waals surface area contributed by atoms with Crippen LogP contribution in [0.25, 0.3) is 0 Å². The molecule has 0 N–H and O–H groups in total. The Morgan fingerprint density at radius 1 is 1.54 bits per heavy atom. The highest BCUT2D eigenvalue weighted by Gasteiger charge is 2.09. The number of rotatable bonds is 2. The van der Waals surface area contributed by atoms with Gasteiger partial charge in [-0.15, -0.1) is 0 Å². The zero-order valence-electron chi connectivity index (χ0n) is 7.96. The Morgan fingerprint density at radius 2 is 2.23 bits per heavy atom. The first-order chi connectivity index (χ1) is 6.20. The van der Waals surface area contributed by atoms with Crippen LogP contribution in [0.4, 0.5) is 0 Å². The molecule has 1 aromatic carbocycles. The van der Waals surface area contributed by atoms with Crippen LogP contribution in [0.3, 0.4) is 0 Å². The molecule has 0 aliphatic heterocycles. The number of benzene rings is 1. The zero-order valence-corrected chi connectivity index (χ0v) is 7.96. The first kappa shape index (κ1) is 9.78. The van der Waals surface area contributed by atoms with Gasteiger partial charge >= 0.3 is 5.97 Å². The standard InChI is InChI=1S/C11H13O2/c1-4-9-6-5-7-10(8(9)2)11(12)13-3/h5-7H,1,4H2,2-3H3. The van der Waals surface area contributed by atoms with Gasteiger partial charge in [0.05, 0.1) is 12.7 Å². The summed E-state index contributed by atoms with van der Waals surface area (Å²) in [5, 5.41) is 0. The van der Waals surface area contributed by atoms with Crippen LogP contribution in [0.15, 0.2) is 18.2 Å². The number of hydrogen-bond acceptors (Lipinski definition) is 2. The van der Waals surface area contributed by atoms with Gasteiger partial charge in [-0.2, -0.15) is 0 Å². The Balaban J connectivity index is 3.15. The molecule has 1 radical (unpaired) electrons. The van der Waals surface area contributed by atoms with Crippen molar-refractivity contribution in [3.8, 4) is 0 Å². The van der Waals surface area contributed by atoms with Crippen molar-refractivity contribution in [2.24, 2.45) is 0 Å². The van der Waals surface area contributed by atoms with Gasteiger partial charge in [-0.3, -0.25) is 0 Å². The van der Waals surface area contributed by atoms with Gasteiger partial charge < -0.3 is 4.74 Å². The van der Waals surface area contributed by atoms with Crippen LogP contribution in [-0.4, -0.2) is 13.1 Å². The Hall–Kier alpha value is -1.31. The maximum atomic E-state index is 11.3. The molecule has 0 fully saturated rings. The van der Waals surface area contributed by atoms with E-state index < -0.39 is 0 Å². The lowest BCUT2D eigenvalue weighted by Crippen LogP contribution is -2.05. The number of carbonyl (C=O) groups is 1. The van der Waals surface area contributed by atoms with Crippen molar-refractivity contribution < 1.29 is 9.53 Å². The molecule has 0 aromatic heterocycles. The summed E-state index contributed by atoms with van der Waals surface area (Å²) < 4.78 is 4.66. The van der Waals surface area contributed by atoms with Crippen molar-refractivity contribution in [3.05, 3.63) is 41.8 Å². The van der Waals surface area contributed by atoms with Crippen LogP contribution in [0.5, 0.6) is 0 Å². The number of carbonyl (C=O) groups excluding carboxylic acids is 1. The van der Waals surface area contributed by atoms with Gasteiger partial charge in [0.1, 0.15) is 0 Å². The minimum absolute atomic E-state index is 0.284. The number of methoxy groups -OCH3 is 1. The summed E-state index contributed by atoms with van der Waals surface area (Å²) >= 11 is 0. The molecule has 0 saturated heterocycles. The largest absolute Gasteiger partial charge is 0.465 e. The summed E-state index contributed by atoms with van der Waals surface area (Å²) in [6, 6.07) is 5.58. The van der Waals surface area contributed by atoms with Crippen molar-refractivity contribution in [3.63, 3.8) is 0 Å². The molecule has 2 nitrogen and oxygen atoms in total. The average molecular weight is 177 g/mol. The molecule has 1 aromatic rings. The Morgan fingerprint density at radius 3 is 2.77 bits per heavy atom. The molecule has 0 heterocycles. The number of hydrogen-bond donors (Lipinski definition) is 0. The van der Waals surface area contributed by atoms with E-state index in [1.807, 2.05) is 19.1 Å². The van der Waals surface area contributed by atoms with Gasteiger partial charge in [0.25, 0.3) is 0 Å². The van der Waals surface area contributed by atoms with E-state index in [0.717, 1.165) is 11.1 Å². The monoisotopic (exact) mass is 177 g/mol. The lowest BCUT2D eigenvalue weighted by molar-refractivity contribution is 0.0600. The SMILES string of the molecule is [CH2]Cc1cccc(C(=O)OC)c1C. The summed E-state index contributed by atoms with van der Waals surface area (Å²) in [6.45, 7) is 5.70. The third-order valence-corrected chi connectivity index (χ3v) is 2.12. The van der Waals surface area contributed by atoms with Gasteiger partial charge in [0, 0.05) is 0 Å². The normalized spacial score (nSPS) is 9.77. The second kappa shape index (κ2) is 4.08. The Bertz CT molecular complexity index is 316. The van der Waals surface area contributed by atoms with E-state index in [1.54, 1.807) is 6.07 Å².